The van der Waals surface area contributed by atoms with Crippen LogP contribution in [0.5, 0.6) is 0 Å². The maximum atomic E-state index is 13.0. The van der Waals surface area contributed by atoms with Crippen molar-refractivity contribution in [3.8, 4) is 0 Å². The maximum absolute atomic E-state index is 13.0. The smallest absolute Gasteiger partial charge is 0.327 e. The highest BCUT2D eigenvalue weighted by molar-refractivity contribution is 5.89. The Morgan fingerprint density at radius 2 is 2.28 bits per heavy atom. The van der Waals surface area contributed by atoms with E-state index in [-0.39, 0.29) is 24.8 Å². The molecular weight excluding hydrogens is 259 g/mol. The molecule has 6 heteroatoms. The van der Waals surface area contributed by atoms with E-state index in [9.17, 15) is 9.18 Å². The largest absolute Gasteiger partial charge is 0.465 e. The Kier molecular flexibility index (Phi) is 4.69. The van der Waals surface area contributed by atoms with Crippen molar-refractivity contribution in [2.24, 2.45) is 5.73 Å². The van der Waals surface area contributed by atoms with Gasteiger partial charge in [0.1, 0.15) is 11.9 Å². The van der Waals surface area contributed by atoms with Gasteiger partial charge in [-0.25, -0.2) is 9.18 Å². The number of carbonyl (C=O) groups is 1. The summed E-state index contributed by atoms with van der Waals surface area (Å²) in [5.41, 5.74) is 7.01. The standard InChI is InChI=1S/C12H13FN2O2.ClH/c1-2-17-12(16)11(14)9-6-15-10-5-7(13)3-4-8(9)10;/h3-6,11,15H,2,14H2,1H3;1H. The zero-order valence-corrected chi connectivity index (χ0v) is 10.6. The van der Waals surface area contributed by atoms with Crippen molar-refractivity contribution in [1.29, 1.82) is 0 Å². The van der Waals surface area contributed by atoms with E-state index in [1.165, 1.54) is 12.1 Å². The Balaban J connectivity index is 0.00000162. The van der Waals surface area contributed by atoms with E-state index in [1.54, 1.807) is 19.2 Å². The summed E-state index contributed by atoms with van der Waals surface area (Å²) in [5, 5.41) is 0.729. The van der Waals surface area contributed by atoms with Gasteiger partial charge in [-0.2, -0.15) is 0 Å². The lowest BCUT2D eigenvalue weighted by atomic mass is 10.1. The molecule has 0 aliphatic heterocycles. The van der Waals surface area contributed by atoms with Crippen molar-refractivity contribution in [3.05, 3.63) is 35.8 Å². The van der Waals surface area contributed by atoms with Crippen LogP contribution in [0.4, 0.5) is 4.39 Å². The van der Waals surface area contributed by atoms with Crippen molar-refractivity contribution in [1.82, 2.24) is 4.98 Å². The molecule has 0 fully saturated rings. The zero-order valence-electron chi connectivity index (χ0n) is 9.77. The Labute approximate surface area is 110 Å². The molecule has 0 saturated carbocycles. The summed E-state index contributed by atoms with van der Waals surface area (Å²) >= 11 is 0. The Hall–Kier alpha value is -1.59. The number of rotatable bonds is 3. The number of nitrogens with two attached hydrogens (primary N) is 1. The van der Waals surface area contributed by atoms with Gasteiger partial charge in [0.05, 0.1) is 6.61 Å². The molecule has 0 aliphatic carbocycles. The summed E-state index contributed by atoms with van der Waals surface area (Å²) < 4.78 is 17.8. The SMILES string of the molecule is CCOC(=O)C(N)c1c[nH]c2cc(F)ccc12.Cl. The maximum Gasteiger partial charge on any atom is 0.327 e. The van der Waals surface area contributed by atoms with Gasteiger partial charge in [0.15, 0.2) is 0 Å². The van der Waals surface area contributed by atoms with Crippen LogP contribution in [0, 0.1) is 5.82 Å². The first-order chi connectivity index (χ1) is 8.13. The van der Waals surface area contributed by atoms with E-state index in [1.807, 2.05) is 0 Å². The number of esters is 1. The Morgan fingerprint density at radius 3 is 2.94 bits per heavy atom. The second kappa shape index (κ2) is 5.84. The van der Waals surface area contributed by atoms with Crippen LogP contribution in [0.25, 0.3) is 10.9 Å². The molecule has 1 aromatic carbocycles. The number of ether oxygens (including phenoxy) is 1. The minimum atomic E-state index is -0.853. The third-order valence-electron chi connectivity index (χ3n) is 2.55. The van der Waals surface area contributed by atoms with Crippen molar-refractivity contribution >= 4 is 29.3 Å². The van der Waals surface area contributed by atoms with E-state index in [2.05, 4.69) is 4.98 Å². The number of aromatic amines is 1. The summed E-state index contributed by atoms with van der Waals surface area (Å²) in [7, 11) is 0. The number of carbonyl (C=O) groups excluding carboxylic acids is 1. The minimum absolute atomic E-state index is 0. The average molecular weight is 273 g/mol. The number of aromatic nitrogens is 1. The predicted octanol–water partition coefficient (Wildman–Crippen LogP) is 2.29. The van der Waals surface area contributed by atoms with Crippen LogP contribution in [0.2, 0.25) is 0 Å². The highest BCUT2D eigenvalue weighted by Gasteiger charge is 2.20. The van der Waals surface area contributed by atoms with Gasteiger partial charge in [0.2, 0.25) is 0 Å². The van der Waals surface area contributed by atoms with Gasteiger partial charge in [0, 0.05) is 22.7 Å². The highest BCUT2D eigenvalue weighted by atomic mass is 35.5. The van der Waals surface area contributed by atoms with E-state index in [0.29, 0.717) is 11.1 Å². The van der Waals surface area contributed by atoms with Crippen LogP contribution in [0.3, 0.4) is 0 Å². The fraction of sp³-hybridized carbons (Fsp3) is 0.250. The number of fused-ring (bicyclic) bond motifs is 1. The number of halogens is 2. The zero-order chi connectivity index (χ0) is 12.4. The van der Waals surface area contributed by atoms with Gasteiger partial charge in [-0.1, -0.05) is 0 Å². The quantitative estimate of drug-likeness (QED) is 0.843. The topological polar surface area (TPSA) is 68.1 Å². The third-order valence-corrected chi connectivity index (χ3v) is 2.55. The number of H-pyrrole nitrogens is 1. The summed E-state index contributed by atoms with van der Waals surface area (Å²) in [6.07, 6.45) is 1.60. The number of nitrogens with one attached hydrogen (secondary N) is 1. The second-order valence-corrected chi connectivity index (χ2v) is 3.66. The molecule has 0 bridgehead atoms. The van der Waals surface area contributed by atoms with Gasteiger partial charge in [-0.3, -0.25) is 0 Å². The molecule has 0 spiro atoms. The number of hydrogen-bond donors (Lipinski definition) is 2. The van der Waals surface area contributed by atoms with Crippen LogP contribution in [0.1, 0.15) is 18.5 Å². The predicted molar refractivity (Wildman–Crippen MR) is 69.1 cm³/mol. The molecule has 2 aromatic rings. The normalized spacial score (nSPS) is 11.9. The van der Waals surface area contributed by atoms with Crippen molar-refractivity contribution in [2.45, 2.75) is 13.0 Å². The molecule has 2 rings (SSSR count). The van der Waals surface area contributed by atoms with Crippen LogP contribution in [-0.2, 0) is 9.53 Å². The first-order valence-electron chi connectivity index (χ1n) is 5.32. The molecule has 0 aliphatic rings. The molecule has 4 nitrogen and oxygen atoms in total. The fourth-order valence-corrected chi connectivity index (χ4v) is 1.74. The molecule has 0 saturated heterocycles. The monoisotopic (exact) mass is 272 g/mol. The summed E-state index contributed by atoms with van der Waals surface area (Å²) in [5.74, 6) is -0.826. The molecule has 1 unspecified atom stereocenters. The van der Waals surface area contributed by atoms with Crippen LogP contribution in [-0.4, -0.2) is 17.6 Å². The molecule has 1 aromatic heterocycles. The Bertz CT molecular complexity index is 556. The summed E-state index contributed by atoms with van der Waals surface area (Å²) in [6, 6.07) is 3.43. The summed E-state index contributed by atoms with van der Waals surface area (Å²) in [4.78, 5) is 14.4. The minimum Gasteiger partial charge on any atom is -0.465 e. The highest BCUT2D eigenvalue weighted by Crippen LogP contribution is 2.24. The van der Waals surface area contributed by atoms with E-state index in [4.69, 9.17) is 10.5 Å². The first kappa shape index (κ1) is 14.5. The van der Waals surface area contributed by atoms with E-state index >= 15 is 0 Å². The second-order valence-electron chi connectivity index (χ2n) is 3.66. The lowest BCUT2D eigenvalue weighted by molar-refractivity contribution is -0.144. The molecule has 1 heterocycles. The lowest BCUT2D eigenvalue weighted by Gasteiger charge is -2.09. The van der Waals surface area contributed by atoms with E-state index < -0.39 is 12.0 Å². The van der Waals surface area contributed by atoms with Gasteiger partial charge in [0.25, 0.3) is 0 Å². The molecular formula is C12H14ClFN2O2. The van der Waals surface area contributed by atoms with Crippen molar-refractivity contribution in [2.75, 3.05) is 6.61 Å². The van der Waals surface area contributed by atoms with Crippen molar-refractivity contribution < 1.29 is 13.9 Å². The average Bonchev–Trinajstić information content (AvgIpc) is 2.71. The Morgan fingerprint density at radius 1 is 1.56 bits per heavy atom. The molecule has 18 heavy (non-hydrogen) atoms. The first-order valence-corrected chi connectivity index (χ1v) is 5.32. The van der Waals surface area contributed by atoms with E-state index in [0.717, 1.165) is 5.39 Å². The van der Waals surface area contributed by atoms with Crippen LogP contribution >= 0.6 is 12.4 Å². The molecule has 0 amide bonds. The lowest BCUT2D eigenvalue weighted by Crippen LogP contribution is -2.23. The van der Waals surface area contributed by atoms with Gasteiger partial charge in [-0.05, 0) is 25.1 Å². The van der Waals surface area contributed by atoms with Crippen LogP contribution in [0.15, 0.2) is 24.4 Å². The molecule has 0 radical (unpaired) electrons. The van der Waals surface area contributed by atoms with Crippen LogP contribution < -0.4 is 5.73 Å². The summed E-state index contributed by atoms with van der Waals surface area (Å²) in [6.45, 7) is 2.00. The van der Waals surface area contributed by atoms with Gasteiger partial charge in [-0.15, -0.1) is 12.4 Å². The van der Waals surface area contributed by atoms with Gasteiger partial charge < -0.3 is 15.5 Å². The number of benzene rings is 1. The number of hydrogen-bond acceptors (Lipinski definition) is 3. The fourth-order valence-electron chi connectivity index (χ4n) is 1.74. The molecule has 1 atom stereocenters. The van der Waals surface area contributed by atoms with Crippen molar-refractivity contribution in [3.63, 3.8) is 0 Å². The molecule has 98 valence electrons. The van der Waals surface area contributed by atoms with Gasteiger partial charge >= 0.3 is 5.97 Å². The molecule has 3 N–H and O–H groups in total. The third kappa shape index (κ3) is 2.63.